The topological polar surface area (TPSA) is 75.4 Å². The summed E-state index contributed by atoms with van der Waals surface area (Å²) in [5.74, 6) is -2.49. The molecule has 0 aromatic heterocycles. The highest BCUT2D eigenvalue weighted by atomic mass is 19.2. The number of hydrogen-bond acceptors (Lipinski definition) is 4. The Hall–Kier alpha value is -1.60. The Morgan fingerprint density at radius 1 is 1.43 bits per heavy atom. The third-order valence-corrected chi connectivity index (χ3v) is 1.59. The van der Waals surface area contributed by atoms with E-state index >= 15 is 0 Å². The minimum Gasteiger partial charge on any atom is -0.316 e. The summed E-state index contributed by atoms with van der Waals surface area (Å²) in [7, 11) is 0. The zero-order chi connectivity index (χ0) is 10.7. The third-order valence-electron chi connectivity index (χ3n) is 1.59. The van der Waals surface area contributed by atoms with Gasteiger partial charge in [-0.15, -0.1) is 0 Å². The van der Waals surface area contributed by atoms with E-state index in [0.29, 0.717) is 12.1 Å². The second-order valence-electron chi connectivity index (χ2n) is 2.49. The lowest BCUT2D eigenvalue weighted by Crippen LogP contribution is -2.09. The highest BCUT2D eigenvalue weighted by molar-refractivity contribution is 5.40. The maximum atomic E-state index is 12.6. The first-order valence-corrected chi connectivity index (χ1v) is 3.55. The molecule has 0 amide bonds. The number of hydroxylamine groups is 1. The van der Waals surface area contributed by atoms with Gasteiger partial charge in [0.25, 0.3) is 5.69 Å². The van der Waals surface area contributed by atoms with Crippen molar-refractivity contribution < 1.29 is 18.9 Å². The van der Waals surface area contributed by atoms with Crippen molar-refractivity contribution in [3.63, 3.8) is 0 Å². The van der Waals surface area contributed by atoms with Gasteiger partial charge in [0.1, 0.15) is 0 Å². The molecule has 0 heterocycles. The number of nitrogens with zero attached hydrogens (tertiary/aromatic N) is 1. The van der Waals surface area contributed by atoms with Gasteiger partial charge in [0, 0.05) is 5.56 Å². The molecule has 0 atom stereocenters. The molecule has 0 bridgehead atoms. The van der Waals surface area contributed by atoms with Crippen LogP contribution in [-0.4, -0.2) is 10.1 Å². The zero-order valence-corrected chi connectivity index (χ0v) is 6.83. The fourth-order valence-electron chi connectivity index (χ4n) is 0.974. The van der Waals surface area contributed by atoms with Crippen molar-refractivity contribution in [2.45, 2.75) is 6.54 Å². The molecule has 1 aromatic carbocycles. The van der Waals surface area contributed by atoms with Crippen molar-refractivity contribution in [1.29, 1.82) is 0 Å². The fraction of sp³-hybridized carbons (Fsp3) is 0.143. The first-order valence-electron chi connectivity index (χ1n) is 3.55. The third kappa shape index (κ3) is 2.01. The standard InChI is InChI=1S/C7H6F2N2O3/c8-5-1-4(3-10-12)7(11(13)14)2-6(5)9/h1-2,10,12H,3H2. The minimum atomic E-state index is -1.29. The van der Waals surface area contributed by atoms with Crippen LogP contribution in [0.3, 0.4) is 0 Å². The summed E-state index contributed by atoms with van der Waals surface area (Å²) in [6, 6.07) is 1.14. The van der Waals surface area contributed by atoms with Gasteiger partial charge < -0.3 is 5.21 Å². The lowest BCUT2D eigenvalue weighted by Gasteiger charge is -2.02. The van der Waals surface area contributed by atoms with E-state index in [0.717, 1.165) is 0 Å². The second-order valence-corrected chi connectivity index (χ2v) is 2.49. The molecule has 7 heteroatoms. The van der Waals surface area contributed by atoms with Crippen LogP contribution in [0.1, 0.15) is 5.56 Å². The lowest BCUT2D eigenvalue weighted by atomic mass is 10.1. The molecule has 0 spiro atoms. The van der Waals surface area contributed by atoms with Gasteiger partial charge in [0.15, 0.2) is 11.6 Å². The SMILES string of the molecule is O=[N+]([O-])c1cc(F)c(F)cc1CNO. The average molecular weight is 204 g/mol. The first-order chi connectivity index (χ1) is 6.56. The van der Waals surface area contributed by atoms with Crippen molar-refractivity contribution in [3.05, 3.63) is 39.4 Å². The highest BCUT2D eigenvalue weighted by Gasteiger charge is 2.17. The molecule has 76 valence electrons. The summed E-state index contributed by atoms with van der Waals surface area (Å²) in [6.07, 6.45) is 0. The van der Waals surface area contributed by atoms with E-state index in [1.54, 1.807) is 5.48 Å². The molecule has 14 heavy (non-hydrogen) atoms. The molecule has 5 nitrogen and oxygen atoms in total. The Morgan fingerprint density at radius 3 is 2.50 bits per heavy atom. The predicted molar refractivity (Wildman–Crippen MR) is 41.6 cm³/mol. The van der Waals surface area contributed by atoms with Crippen LogP contribution in [0, 0.1) is 21.7 Å². The quantitative estimate of drug-likeness (QED) is 0.575. The van der Waals surface area contributed by atoms with E-state index in [9.17, 15) is 18.9 Å². The summed E-state index contributed by atoms with van der Waals surface area (Å²) in [5.41, 5.74) is 0.926. The molecule has 1 aromatic rings. The summed E-state index contributed by atoms with van der Waals surface area (Å²) in [5, 5.41) is 18.7. The number of nitrogens with one attached hydrogen (secondary N) is 1. The highest BCUT2D eigenvalue weighted by Crippen LogP contribution is 2.21. The minimum absolute atomic E-state index is 0.128. The van der Waals surface area contributed by atoms with Gasteiger partial charge in [-0.2, -0.15) is 0 Å². The van der Waals surface area contributed by atoms with Crippen molar-refractivity contribution in [2.24, 2.45) is 0 Å². The van der Waals surface area contributed by atoms with Crippen molar-refractivity contribution in [3.8, 4) is 0 Å². The Bertz CT molecular complexity index is 370. The Labute approximate surface area is 77.1 Å². The number of halogens is 2. The van der Waals surface area contributed by atoms with E-state index in [1.807, 2.05) is 0 Å². The normalized spacial score (nSPS) is 10.2. The first kappa shape index (κ1) is 10.5. The maximum absolute atomic E-state index is 12.6. The maximum Gasteiger partial charge on any atom is 0.277 e. The van der Waals surface area contributed by atoms with Crippen LogP contribution in [-0.2, 0) is 6.54 Å². The van der Waals surface area contributed by atoms with Crippen LogP contribution in [0.25, 0.3) is 0 Å². The molecule has 0 aliphatic carbocycles. The molecule has 0 aliphatic rings. The number of nitro benzene ring substituents is 1. The lowest BCUT2D eigenvalue weighted by molar-refractivity contribution is -0.385. The molecule has 0 aliphatic heterocycles. The van der Waals surface area contributed by atoms with Crippen LogP contribution >= 0.6 is 0 Å². The van der Waals surface area contributed by atoms with Crippen molar-refractivity contribution in [2.75, 3.05) is 0 Å². The van der Waals surface area contributed by atoms with Gasteiger partial charge in [-0.1, -0.05) is 0 Å². The predicted octanol–water partition coefficient (Wildman–Crippen LogP) is 1.35. The smallest absolute Gasteiger partial charge is 0.277 e. The molecule has 0 unspecified atom stereocenters. The van der Waals surface area contributed by atoms with Gasteiger partial charge in [0.2, 0.25) is 0 Å². The van der Waals surface area contributed by atoms with E-state index < -0.39 is 22.2 Å². The summed E-state index contributed by atoms with van der Waals surface area (Å²) in [6.45, 7) is -0.326. The Morgan fingerprint density at radius 2 is 2.00 bits per heavy atom. The molecule has 1 rings (SSSR count). The fourth-order valence-corrected chi connectivity index (χ4v) is 0.974. The number of nitro groups is 1. The van der Waals surface area contributed by atoms with E-state index in [-0.39, 0.29) is 12.1 Å². The van der Waals surface area contributed by atoms with Gasteiger partial charge in [-0.3, -0.25) is 10.1 Å². The van der Waals surface area contributed by atoms with Gasteiger partial charge in [-0.25, -0.2) is 14.3 Å². The largest absolute Gasteiger partial charge is 0.316 e. The summed E-state index contributed by atoms with van der Waals surface area (Å²) in [4.78, 5) is 9.52. The average Bonchev–Trinajstić information content (AvgIpc) is 2.11. The number of benzene rings is 1. The second kappa shape index (κ2) is 4.07. The monoisotopic (exact) mass is 204 g/mol. The molecule has 0 fully saturated rings. The van der Waals surface area contributed by atoms with Crippen LogP contribution in [0.15, 0.2) is 12.1 Å². The Kier molecular flexibility index (Phi) is 3.05. The van der Waals surface area contributed by atoms with Gasteiger partial charge >= 0.3 is 0 Å². The van der Waals surface area contributed by atoms with Crippen LogP contribution < -0.4 is 5.48 Å². The van der Waals surface area contributed by atoms with E-state index in [1.165, 1.54) is 0 Å². The van der Waals surface area contributed by atoms with E-state index in [4.69, 9.17) is 5.21 Å². The van der Waals surface area contributed by atoms with Crippen molar-refractivity contribution in [1.82, 2.24) is 5.48 Å². The molecule has 0 saturated heterocycles. The molecular formula is C7H6F2N2O3. The van der Waals surface area contributed by atoms with Crippen LogP contribution in [0.5, 0.6) is 0 Å². The summed E-state index contributed by atoms with van der Waals surface area (Å²) < 4.78 is 25.2. The van der Waals surface area contributed by atoms with Gasteiger partial charge in [0.05, 0.1) is 17.5 Å². The zero-order valence-electron chi connectivity index (χ0n) is 6.83. The van der Waals surface area contributed by atoms with Crippen LogP contribution in [0.4, 0.5) is 14.5 Å². The van der Waals surface area contributed by atoms with E-state index in [2.05, 4.69) is 0 Å². The van der Waals surface area contributed by atoms with Crippen molar-refractivity contribution >= 4 is 5.69 Å². The Balaban J connectivity index is 3.24. The van der Waals surface area contributed by atoms with Gasteiger partial charge in [-0.05, 0) is 6.07 Å². The van der Waals surface area contributed by atoms with Crippen LogP contribution in [0.2, 0.25) is 0 Å². The summed E-state index contributed by atoms with van der Waals surface area (Å²) >= 11 is 0. The molecule has 2 N–H and O–H groups in total. The molecule has 0 saturated carbocycles. The number of hydrogen-bond donors (Lipinski definition) is 2. The number of rotatable bonds is 3. The molecular weight excluding hydrogens is 198 g/mol. The molecule has 0 radical (unpaired) electrons.